The molecule has 0 radical (unpaired) electrons. The molecular weight excluding hydrogens is 563 g/mol. The standard InChI is InChI=1S/C34H39FN4O5/c1-24-3-5-25(6-4-24)16-19-38-23-33(42)39(20-17-26-7-11-28(35)12-8-26)30(34(38)43)21-32(41)37(22-31(36)40)18-15-27-9-13-29(44-2)14-10-27/h3-14,30H,15-23H2,1-2H3,(H2,36,40). The van der Waals surface area contributed by atoms with Crippen molar-refractivity contribution in [2.45, 2.75) is 38.6 Å². The number of amides is 4. The summed E-state index contributed by atoms with van der Waals surface area (Å²) >= 11 is 0. The molecule has 4 amide bonds. The summed E-state index contributed by atoms with van der Waals surface area (Å²) in [6, 6.07) is 20.3. The lowest BCUT2D eigenvalue weighted by Crippen LogP contribution is -2.61. The van der Waals surface area contributed by atoms with Gasteiger partial charge in [-0.3, -0.25) is 19.2 Å². The number of ether oxygens (including phenoxy) is 1. The number of primary amides is 1. The highest BCUT2D eigenvalue weighted by molar-refractivity contribution is 5.98. The van der Waals surface area contributed by atoms with Crippen LogP contribution in [0.1, 0.15) is 28.7 Å². The van der Waals surface area contributed by atoms with Gasteiger partial charge in [-0.15, -0.1) is 0 Å². The first-order chi connectivity index (χ1) is 21.1. The molecule has 3 aromatic carbocycles. The van der Waals surface area contributed by atoms with Crippen LogP contribution in [0.15, 0.2) is 72.8 Å². The van der Waals surface area contributed by atoms with Crippen LogP contribution in [0.25, 0.3) is 0 Å². The van der Waals surface area contributed by atoms with Crippen molar-refractivity contribution < 1.29 is 28.3 Å². The highest BCUT2D eigenvalue weighted by Gasteiger charge is 2.40. The van der Waals surface area contributed by atoms with E-state index in [-0.39, 0.29) is 50.2 Å². The van der Waals surface area contributed by atoms with Crippen molar-refractivity contribution in [3.63, 3.8) is 0 Å². The topological polar surface area (TPSA) is 113 Å². The smallest absolute Gasteiger partial charge is 0.246 e. The Kier molecular flexibility index (Phi) is 11.1. The molecule has 10 heteroatoms. The third-order valence-electron chi connectivity index (χ3n) is 7.86. The highest BCUT2D eigenvalue weighted by atomic mass is 19.1. The molecule has 4 rings (SSSR count). The van der Waals surface area contributed by atoms with Gasteiger partial charge in [0.25, 0.3) is 0 Å². The Morgan fingerprint density at radius 1 is 0.886 bits per heavy atom. The van der Waals surface area contributed by atoms with Crippen molar-refractivity contribution in [3.05, 3.63) is 101 Å². The predicted octanol–water partition coefficient (Wildman–Crippen LogP) is 2.91. The SMILES string of the molecule is COc1ccc(CCN(CC(N)=O)C(=O)CC2C(=O)N(CCc3ccc(C)cc3)CC(=O)N2CCc2ccc(F)cc2)cc1. The van der Waals surface area contributed by atoms with Gasteiger partial charge in [-0.1, -0.05) is 54.1 Å². The lowest BCUT2D eigenvalue weighted by molar-refractivity contribution is -0.158. The second kappa shape index (κ2) is 15.1. The van der Waals surface area contributed by atoms with E-state index >= 15 is 0 Å². The third kappa shape index (κ3) is 8.89. The molecule has 1 fully saturated rings. The minimum atomic E-state index is -1.04. The van der Waals surface area contributed by atoms with Crippen molar-refractivity contribution in [1.82, 2.24) is 14.7 Å². The molecule has 9 nitrogen and oxygen atoms in total. The molecule has 0 saturated carbocycles. The number of nitrogens with two attached hydrogens (primary N) is 1. The van der Waals surface area contributed by atoms with Crippen LogP contribution >= 0.6 is 0 Å². The maximum Gasteiger partial charge on any atom is 0.246 e. The fraction of sp³-hybridized carbons (Fsp3) is 0.353. The number of hydrogen-bond donors (Lipinski definition) is 1. The zero-order valence-electron chi connectivity index (χ0n) is 25.2. The van der Waals surface area contributed by atoms with E-state index in [1.165, 1.54) is 26.8 Å². The van der Waals surface area contributed by atoms with Gasteiger partial charge < -0.3 is 25.2 Å². The molecule has 1 aliphatic heterocycles. The number of carbonyl (C=O) groups is 4. The quantitative estimate of drug-likeness (QED) is 0.305. The average molecular weight is 603 g/mol. The summed E-state index contributed by atoms with van der Waals surface area (Å²) in [5.41, 5.74) is 9.37. The van der Waals surface area contributed by atoms with E-state index < -0.39 is 17.9 Å². The molecule has 1 unspecified atom stereocenters. The molecule has 1 atom stereocenters. The van der Waals surface area contributed by atoms with E-state index in [0.29, 0.717) is 31.6 Å². The van der Waals surface area contributed by atoms with Gasteiger partial charge in [-0.05, 0) is 67.1 Å². The number of nitrogens with zero attached hydrogens (tertiary/aromatic N) is 3. The summed E-state index contributed by atoms with van der Waals surface area (Å²) in [7, 11) is 1.58. The number of rotatable bonds is 14. The zero-order valence-corrected chi connectivity index (χ0v) is 25.2. The van der Waals surface area contributed by atoms with Crippen molar-refractivity contribution in [2.24, 2.45) is 5.73 Å². The van der Waals surface area contributed by atoms with E-state index in [0.717, 1.165) is 22.3 Å². The van der Waals surface area contributed by atoms with Gasteiger partial charge in [0.05, 0.1) is 26.6 Å². The Labute approximate surface area is 257 Å². The molecule has 0 aliphatic carbocycles. The Bertz CT molecular complexity index is 1440. The number of carbonyl (C=O) groups excluding carboxylic acids is 4. The molecule has 0 spiro atoms. The van der Waals surface area contributed by atoms with Crippen LogP contribution in [0.4, 0.5) is 4.39 Å². The Morgan fingerprint density at radius 3 is 2.07 bits per heavy atom. The van der Waals surface area contributed by atoms with Gasteiger partial charge >= 0.3 is 0 Å². The molecule has 1 aliphatic rings. The van der Waals surface area contributed by atoms with E-state index in [9.17, 15) is 23.6 Å². The lowest BCUT2D eigenvalue weighted by atomic mass is 10.0. The molecule has 44 heavy (non-hydrogen) atoms. The number of piperazine rings is 1. The Balaban J connectivity index is 1.50. The average Bonchev–Trinajstić information content (AvgIpc) is 3.01. The molecule has 0 aromatic heterocycles. The molecule has 2 N–H and O–H groups in total. The first-order valence-corrected chi connectivity index (χ1v) is 14.7. The van der Waals surface area contributed by atoms with Gasteiger partial charge in [-0.25, -0.2) is 4.39 Å². The van der Waals surface area contributed by atoms with Crippen molar-refractivity contribution in [1.29, 1.82) is 0 Å². The summed E-state index contributed by atoms with van der Waals surface area (Å²) < 4.78 is 18.6. The first-order valence-electron chi connectivity index (χ1n) is 14.7. The maximum atomic E-state index is 13.8. The number of benzene rings is 3. The minimum absolute atomic E-state index is 0.0960. The van der Waals surface area contributed by atoms with Gasteiger partial charge in [0, 0.05) is 19.6 Å². The second-order valence-corrected chi connectivity index (χ2v) is 11.1. The van der Waals surface area contributed by atoms with Crippen LogP contribution in [0, 0.1) is 12.7 Å². The lowest BCUT2D eigenvalue weighted by Gasteiger charge is -2.40. The van der Waals surface area contributed by atoms with Crippen LogP contribution in [0.5, 0.6) is 5.75 Å². The van der Waals surface area contributed by atoms with Gasteiger partial charge in [0.15, 0.2) is 0 Å². The summed E-state index contributed by atoms with van der Waals surface area (Å²) in [5, 5.41) is 0. The molecule has 0 bridgehead atoms. The summed E-state index contributed by atoms with van der Waals surface area (Å²) in [5.74, 6) is -1.38. The molecular formula is C34H39FN4O5. The van der Waals surface area contributed by atoms with Crippen molar-refractivity contribution in [2.75, 3.05) is 39.8 Å². The number of aryl methyl sites for hydroxylation is 1. The van der Waals surface area contributed by atoms with E-state index in [4.69, 9.17) is 10.5 Å². The molecule has 1 heterocycles. The van der Waals surface area contributed by atoms with Gasteiger partial charge in [0.1, 0.15) is 17.6 Å². The Morgan fingerprint density at radius 2 is 1.45 bits per heavy atom. The monoisotopic (exact) mass is 602 g/mol. The van der Waals surface area contributed by atoms with E-state index in [1.54, 1.807) is 19.2 Å². The number of methoxy groups -OCH3 is 1. The second-order valence-electron chi connectivity index (χ2n) is 11.1. The van der Waals surface area contributed by atoms with Crippen LogP contribution in [-0.2, 0) is 38.4 Å². The largest absolute Gasteiger partial charge is 0.497 e. The van der Waals surface area contributed by atoms with E-state index in [2.05, 4.69) is 0 Å². The fourth-order valence-corrected chi connectivity index (χ4v) is 5.27. The Hall–Kier alpha value is -4.73. The van der Waals surface area contributed by atoms with Crippen LogP contribution in [-0.4, -0.2) is 84.2 Å². The zero-order chi connectivity index (χ0) is 31.6. The first kappa shape index (κ1) is 32.2. The van der Waals surface area contributed by atoms with Crippen LogP contribution < -0.4 is 10.5 Å². The number of hydrogen-bond acceptors (Lipinski definition) is 5. The minimum Gasteiger partial charge on any atom is -0.497 e. The molecule has 1 saturated heterocycles. The molecule has 232 valence electrons. The third-order valence-corrected chi connectivity index (χ3v) is 7.86. The van der Waals surface area contributed by atoms with Gasteiger partial charge in [-0.2, -0.15) is 0 Å². The highest BCUT2D eigenvalue weighted by Crippen LogP contribution is 2.20. The van der Waals surface area contributed by atoms with Gasteiger partial charge in [0.2, 0.25) is 23.6 Å². The summed E-state index contributed by atoms with van der Waals surface area (Å²) in [6.45, 7) is 2.30. The van der Waals surface area contributed by atoms with Crippen LogP contribution in [0.2, 0.25) is 0 Å². The van der Waals surface area contributed by atoms with E-state index in [1.807, 2.05) is 55.5 Å². The number of halogens is 1. The normalized spacial score (nSPS) is 14.9. The van der Waals surface area contributed by atoms with Crippen LogP contribution in [0.3, 0.4) is 0 Å². The summed E-state index contributed by atoms with van der Waals surface area (Å²) in [6.07, 6.45) is 1.11. The predicted molar refractivity (Wildman–Crippen MR) is 164 cm³/mol. The summed E-state index contributed by atoms with van der Waals surface area (Å²) in [4.78, 5) is 57.1. The maximum absolute atomic E-state index is 13.8. The van der Waals surface area contributed by atoms with Crippen molar-refractivity contribution in [3.8, 4) is 5.75 Å². The fourth-order valence-electron chi connectivity index (χ4n) is 5.27. The van der Waals surface area contributed by atoms with Crippen molar-refractivity contribution >= 4 is 23.6 Å². The molecule has 3 aromatic rings.